The first-order valence-corrected chi connectivity index (χ1v) is 5.85. The van der Waals surface area contributed by atoms with Crippen LogP contribution in [0.25, 0.3) is 0 Å². The van der Waals surface area contributed by atoms with Crippen molar-refractivity contribution in [1.29, 1.82) is 0 Å². The Labute approximate surface area is 109 Å². The zero-order chi connectivity index (χ0) is 14.6. The van der Waals surface area contributed by atoms with Crippen LogP contribution in [0.3, 0.4) is 0 Å². The molecule has 0 aromatic heterocycles. The second kappa shape index (κ2) is 6.06. The average molecular weight is 275 g/mol. The number of halogens is 3. The molecule has 0 saturated heterocycles. The van der Waals surface area contributed by atoms with Crippen molar-refractivity contribution in [3.8, 4) is 0 Å². The van der Waals surface area contributed by atoms with E-state index in [1.807, 2.05) is 0 Å². The van der Waals surface area contributed by atoms with E-state index in [-0.39, 0.29) is 12.5 Å². The van der Waals surface area contributed by atoms with Crippen LogP contribution in [0.4, 0.5) is 13.2 Å². The van der Waals surface area contributed by atoms with Gasteiger partial charge in [0.25, 0.3) is 0 Å². The number of aliphatic carboxylic acids is 1. The first kappa shape index (κ1) is 15.5. The van der Waals surface area contributed by atoms with E-state index < -0.39 is 23.8 Å². The molecule has 1 unspecified atom stereocenters. The lowest BCUT2D eigenvalue weighted by Gasteiger charge is -2.18. The lowest BCUT2D eigenvalue weighted by molar-refractivity contribution is -0.139. The Bertz CT molecular complexity index is 444. The summed E-state index contributed by atoms with van der Waals surface area (Å²) in [5.74, 6) is -1.08. The zero-order valence-electron chi connectivity index (χ0n) is 10.7. The van der Waals surface area contributed by atoms with E-state index in [9.17, 15) is 18.0 Å². The quantitative estimate of drug-likeness (QED) is 0.868. The number of carbonyl (C=O) groups is 1. The lowest BCUT2D eigenvalue weighted by atomic mass is 10.0. The van der Waals surface area contributed by atoms with E-state index in [0.29, 0.717) is 5.56 Å². The Hall–Kier alpha value is -1.56. The van der Waals surface area contributed by atoms with Gasteiger partial charge in [0.15, 0.2) is 0 Å². The SMILES string of the molecule is CC(C)NC(Cc1cccc(C(F)(F)F)c1)C(=O)O. The first-order valence-electron chi connectivity index (χ1n) is 5.85. The van der Waals surface area contributed by atoms with E-state index in [1.165, 1.54) is 12.1 Å². The van der Waals surface area contributed by atoms with Crippen molar-refractivity contribution in [1.82, 2.24) is 5.32 Å². The Balaban J connectivity index is 2.88. The van der Waals surface area contributed by atoms with Crippen molar-refractivity contribution < 1.29 is 23.1 Å². The molecule has 3 nitrogen and oxygen atoms in total. The number of alkyl halides is 3. The number of hydrogen-bond acceptors (Lipinski definition) is 2. The van der Waals surface area contributed by atoms with Gasteiger partial charge < -0.3 is 10.4 Å². The van der Waals surface area contributed by atoms with Gasteiger partial charge in [-0.3, -0.25) is 4.79 Å². The highest BCUT2D eigenvalue weighted by Crippen LogP contribution is 2.29. The third-order valence-corrected chi connectivity index (χ3v) is 2.53. The second-order valence-corrected chi connectivity index (χ2v) is 4.61. The summed E-state index contributed by atoms with van der Waals surface area (Å²) in [5, 5.41) is 11.8. The highest BCUT2D eigenvalue weighted by atomic mass is 19.4. The van der Waals surface area contributed by atoms with E-state index >= 15 is 0 Å². The minimum Gasteiger partial charge on any atom is -0.480 e. The Morgan fingerprint density at radius 1 is 1.37 bits per heavy atom. The number of hydrogen-bond donors (Lipinski definition) is 2. The molecule has 0 bridgehead atoms. The average Bonchev–Trinajstić information content (AvgIpc) is 2.26. The molecule has 0 aliphatic carbocycles. The van der Waals surface area contributed by atoms with Gasteiger partial charge in [0.2, 0.25) is 0 Å². The second-order valence-electron chi connectivity index (χ2n) is 4.61. The molecule has 1 aromatic rings. The smallest absolute Gasteiger partial charge is 0.416 e. The van der Waals surface area contributed by atoms with Crippen LogP contribution in [0.1, 0.15) is 25.0 Å². The molecule has 1 rings (SSSR count). The fraction of sp³-hybridized carbons (Fsp3) is 0.462. The molecule has 1 atom stereocenters. The Morgan fingerprint density at radius 3 is 2.47 bits per heavy atom. The number of benzene rings is 1. The summed E-state index contributed by atoms with van der Waals surface area (Å²) in [6.07, 6.45) is -4.41. The summed E-state index contributed by atoms with van der Waals surface area (Å²) in [6, 6.07) is 3.77. The normalized spacial score (nSPS) is 13.6. The predicted octanol–water partition coefficient (Wildman–Crippen LogP) is 2.70. The standard InChI is InChI=1S/C13H16F3NO2/c1-8(2)17-11(12(18)19)7-9-4-3-5-10(6-9)13(14,15)16/h3-6,8,11,17H,7H2,1-2H3,(H,18,19). The van der Waals surface area contributed by atoms with Gasteiger partial charge in [0.05, 0.1) is 5.56 Å². The predicted molar refractivity (Wildman–Crippen MR) is 64.8 cm³/mol. The molecule has 0 aliphatic rings. The zero-order valence-corrected chi connectivity index (χ0v) is 10.7. The van der Waals surface area contributed by atoms with Crippen LogP contribution in [-0.4, -0.2) is 23.2 Å². The Morgan fingerprint density at radius 2 is 2.00 bits per heavy atom. The monoisotopic (exact) mass is 275 g/mol. The molecule has 0 heterocycles. The van der Waals surface area contributed by atoms with Gasteiger partial charge in [0.1, 0.15) is 6.04 Å². The molecule has 1 aromatic carbocycles. The highest BCUT2D eigenvalue weighted by molar-refractivity contribution is 5.74. The van der Waals surface area contributed by atoms with E-state index in [4.69, 9.17) is 5.11 Å². The van der Waals surface area contributed by atoms with Crippen LogP contribution >= 0.6 is 0 Å². The summed E-state index contributed by atoms with van der Waals surface area (Å²) in [7, 11) is 0. The fourth-order valence-electron chi connectivity index (χ4n) is 1.73. The summed E-state index contributed by atoms with van der Waals surface area (Å²) in [5.41, 5.74) is -0.422. The molecular weight excluding hydrogens is 259 g/mol. The number of carboxylic acids is 1. The number of rotatable bonds is 5. The first-order chi connectivity index (χ1) is 8.70. The molecule has 2 N–H and O–H groups in total. The van der Waals surface area contributed by atoms with Crippen molar-refractivity contribution in [2.45, 2.75) is 38.5 Å². The van der Waals surface area contributed by atoms with Crippen molar-refractivity contribution in [3.63, 3.8) is 0 Å². The van der Waals surface area contributed by atoms with Crippen molar-refractivity contribution in [2.24, 2.45) is 0 Å². The van der Waals surface area contributed by atoms with Crippen LogP contribution in [0, 0.1) is 0 Å². The topological polar surface area (TPSA) is 49.3 Å². The van der Waals surface area contributed by atoms with E-state index in [0.717, 1.165) is 12.1 Å². The van der Waals surface area contributed by atoms with Crippen molar-refractivity contribution in [2.75, 3.05) is 0 Å². The highest BCUT2D eigenvalue weighted by Gasteiger charge is 2.30. The maximum absolute atomic E-state index is 12.5. The summed E-state index contributed by atoms with van der Waals surface area (Å²) >= 11 is 0. The third-order valence-electron chi connectivity index (χ3n) is 2.53. The molecule has 0 spiro atoms. The molecule has 106 valence electrons. The number of nitrogens with one attached hydrogen (secondary N) is 1. The molecule has 0 aliphatic heterocycles. The lowest BCUT2D eigenvalue weighted by Crippen LogP contribution is -2.42. The fourth-order valence-corrected chi connectivity index (χ4v) is 1.73. The minimum absolute atomic E-state index is 0.0113. The van der Waals surface area contributed by atoms with Crippen LogP contribution in [0.2, 0.25) is 0 Å². The van der Waals surface area contributed by atoms with Crippen molar-refractivity contribution in [3.05, 3.63) is 35.4 Å². The summed E-state index contributed by atoms with van der Waals surface area (Å²) in [4.78, 5) is 11.0. The largest absolute Gasteiger partial charge is 0.480 e. The summed E-state index contributed by atoms with van der Waals surface area (Å²) in [6.45, 7) is 3.56. The molecule has 0 saturated carbocycles. The summed E-state index contributed by atoms with van der Waals surface area (Å²) < 4.78 is 37.6. The maximum Gasteiger partial charge on any atom is 0.416 e. The van der Waals surface area contributed by atoms with Gasteiger partial charge in [-0.2, -0.15) is 13.2 Å². The van der Waals surface area contributed by atoms with Crippen LogP contribution in [-0.2, 0) is 17.4 Å². The number of carboxylic acid groups (broad SMARTS) is 1. The van der Waals surface area contributed by atoms with Gasteiger partial charge in [0, 0.05) is 6.04 Å². The van der Waals surface area contributed by atoms with Crippen LogP contribution in [0.5, 0.6) is 0 Å². The van der Waals surface area contributed by atoms with Crippen molar-refractivity contribution >= 4 is 5.97 Å². The third kappa shape index (κ3) is 4.90. The molecular formula is C13H16F3NO2. The molecule has 19 heavy (non-hydrogen) atoms. The van der Waals surface area contributed by atoms with Crippen LogP contribution in [0.15, 0.2) is 24.3 Å². The maximum atomic E-state index is 12.5. The van der Waals surface area contributed by atoms with Gasteiger partial charge in [-0.15, -0.1) is 0 Å². The van der Waals surface area contributed by atoms with E-state index in [1.54, 1.807) is 13.8 Å². The van der Waals surface area contributed by atoms with Crippen LogP contribution < -0.4 is 5.32 Å². The van der Waals surface area contributed by atoms with E-state index in [2.05, 4.69) is 5.32 Å². The Kier molecular flexibility index (Phi) is 4.94. The van der Waals surface area contributed by atoms with Gasteiger partial charge >= 0.3 is 12.1 Å². The molecule has 0 amide bonds. The van der Waals surface area contributed by atoms with Gasteiger partial charge in [-0.1, -0.05) is 32.0 Å². The minimum atomic E-state index is -4.42. The molecule has 6 heteroatoms. The van der Waals surface area contributed by atoms with Gasteiger partial charge in [-0.05, 0) is 18.1 Å². The molecule has 0 fully saturated rings. The molecule has 0 radical (unpaired) electrons. The van der Waals surface area contributed by atoms with Gasteiger partial charge in [-0.25, -0.2) is 0 Å².